The van der Waals surface area contributed by atoms with Crippen molar-refractivity contribution in [3.05, 3.63) is 52.6 Å². The lowest BCUT2D eigenvalue weighted by atomic mass is 9.86. The van der Waals surface area contributed by atoms with Gasteiger partial charge >= 0.3 is 18.4 Å². The van der Waals surface area contributed by atoms with Gasteiger partial charge < -0.3 is 19.1 Å². The summed E-state index contributed by atoms with van der Waals surface area (Å²) in [5.41, 5.74) is -3.47. The molecule has 0 unspecified atom stereocenters. The lowest BCUT2D eigenvalue weighted by molar-refractivity contribution is -0.143. The topological polar surface area (TPSA) is 68.3 Å². The summed E-state index contributed by atoms with van der Waals surface area (Å²) in [5.74, 6) is 0.287. The number of carbonyl (C=O) groups excluding carboxylic acids is 2. The van der Waals surface area contributed by atoms with E-state index in [-0.39, 0.29) is 29.9 Å². The van der Waals surface area contributed by atoms with Gasteiger partial charge in [-0.05, 0) is 43.2 Å². The van der Waals surface area contributed by atoms with Crippen molar-refractivity contribution in [3.8, 4) is 11.5 Å². The minimum absolute atomic E-state index is 0.0249. The van der Waals surface area contributed by atoms with Gasteiger partial charge in [0.15, 0.2) is 11.5 Å². The van der Waals surface area contributed by atoms with Crippen LogP contribution in [0.4, 0.5) is 36.8 Å². The highest BCUT2D eigenvalue weighted by atomic mass is 19.4. The van der Waals surface area contributed by atoms with E-state index in [0.717, 1.165) is 12.0 Å². The van der Waals surface area contributed by atoms with E-state index in [1.165, 1.54) is 20.3 Å². The number of fused-ring (bicyclic) bond motifs is 1. The number of carbonyl (C=O) groups is 2. The van der Waals surface area contributed by atoms with Gasteiger partial charge in [0.1, 0.15) is 0 Å². The summed E-state index contributed by atoms with van der Waals surface area (Å²) in [7, 11) is 3.83. The van der Waals surface area contributed by atoms with Gasteiger partial charge in [-0.3, -0.25) is 9.69 Å². The first-order valence-electron chi connectivity index (χ1n) is 12.6. The highest BCUT2D eigenvalue weighted by Crippen LogP contribution is 2.47. The molecule has 0 fully saturated rings. The van der Waals surface area contributed by atoms with Crippen LogP contribution in [0.15, 0.2) is 30.3 Å². The standard InChI is InChI=1S/C28H32F6N2O5/c1-15-8-20(19-12-22(39-5)23(40-6)13-21(19)36(15)24(37)26(2,3)4)35(25(38)41-7)14-16-9-17(27(29,30)31)11-18(10-16)28(32,33)34/h9-13,15,20H,8,14H2,1-7H3/t15-,20+/m1/s1. The van der Waals surface area contributed by atoms with Crippen LogP contribution in [-0.2, 0) is 28.4 Å². The fourth-order valence-corrected chi connectivity index (χ4v) is 4.85. The third-order valence-electron chi connectivity index (χ3n) is 6.80. The Morgan fingerprint density at radius 3 is 1.83 bits per heavy atom. The largest absolute Gasteiger partial charge is 0.493 e. The Labute approximate surface area is 233 Å². The summed E-state index contributed by atoms with van der Waals surface area (Å²) >= 11 is 0. The number of halogens is 6. The fraction of sp³-hybridized carbons (Fsp3) is 0.500. The molecule has 13 heteroatoms. The number of nitrogens with zero attached hydrogens (tertiary/aromatic N) is 2. The Balaban J connectivity index is 2.24. The van der Waals surface area contributed by atoms with Crippen LogP contribution in [0.25, 0.3) is 0 Å². The SMILES string of the molecule is COC(=O)N(Cc1cc(C(F)(F)F)cc(C(F)(F)F)c1)[C@H]1C[C@@H](C)N(C(=O)C(C)(C)C)c2cc(OC)c(OC)cc21. The van der Waals surface area contributed by atoms with Crippen LogP contribution in [0, 0.1) is 5.41 Å². The third kappa shape index (κ3) is 6.65. The number of benzene rings is 2. The molecule has 41 heavy (non-hydrogen) atoms. The number of anilines is 1. The lowest BCUT2D eigenvalue weighted by Crippen LogP contribution is -2.50. The van der Waals surface area contributed by atoms with Gasteiger partial charge in [0, 0.05) is 29.6 Å². The molecule has 3 rings (SSSR count). The second-order valence-corrected chi connectivity index (χ2v) is 10.8. The first kappa shape index (κ1) is 31.9. The van der Waals surface area contributed by atoms with Gasteiger partial charge in [0.25, 0.3) is 0 Å². The number of hydrogen-bond acceptors (Lipinski definition) is 5. The summed E-state index contributed by atoms with van der Waals surface area (Å²) in [5, 5.41) is 0. The maximum atomic E-state index is 13.5. The molecule has 1 aliphatic heterocycles. The molecule has 0 aliphatic carbocycles. The van der Waals surface area contributed by atoms with Crippen molar-refractivity contribution in [1.29, 1.82) is 0 Å². The molecule has 7 nitrogen and oxygen atoms in total. The summed E-state index contributed by atoms with van der Waals surface area (Å²) in [6, 6.07) is 2.82. The van der Waals surface area contributed by atoms with E-state index in [2.05, 4.69) is 0 Å². The Hall–Kier alpha value is -3.64. The molecule has 1 aliphatic rings. The van der Waals surface area contributed by atoms with Gasteiger partial charge in [-0.1, -0.05) is 20.8 Å². The number of amides is 2. The zero-order valence-electron chi connectivity index (χ0n) is 23.7. The maximum Gasteiger partial charge on any atom is 0.416 e. The third-order valence-corrected chi connectivity index (χ3v) is 6.80. The van der Waals surface area contributed by atoms with E-state index in [1.54, 1.807) is 38.7 Å². The summed E-state index contributed by atoms with van der Waals surface area (Å²) in [6.07, 6.45) is -11.0. The molecule has 0 spiro atoms. The highest BCUT2D eigenvalue weighted by Gasteiger charge is 2.43. The average Bonchev–Trinajstić information content (AvgIpc) is 2.88. The van der Waals surface area contributed by atoms with Crippen molar-refractivity contribution in [2.24, 2.45) is 5.41 Å². The molecule has 2 atom stereocenters. The average molecular weight is 591 g/mol. The quantitative estimate of drug-likeness (QED) is 0.344. The Morgan fingerprint density at radius 1 is 0.878 bits per heavy atom. The molecule has 226 valence electrons. The Kier molecular flexibility index (Phi) is 8.81. The molecular formula is C28H32F6N2O5. The van der Waals surface area contributed by atoms with Gasteiger partial charge in [-0.25, -0.2) is 4.79 Å². The van der Waals surface area contributed by atoms with Crippen LogP contribution in [0.3, 0.4) is 0 Å². The lowest BCUT2D eigenvalue weighted by Gasteiger charge is -2.45. The van der Waals surface area contributed by atoms with Crippen LogP contribution >= 0.6 is 0 Å². The fourth-order valence-electron chi connectivity index (χ4n) is 4.85. The summed E-state index contributed by atoms with van der Waals surface area (Å²) in [4.78, 5) is 29.2. The normalized spacial score (nSPS) is 17.5. The van der Waals surface area contributed by atoms with E-state index in [0.29, 0.717) is 23.4 Å². The van der Waals surface area contributed by atoms with Crippen molar-refractivity contribution in [2.75, 3.05) is 26.2 Å². The van der Waals surface area contributed by atoms with Crippen LogP contribution in [0.5, 0.6) is 11.5 Å². The molecule has 0 bridgehead atoms. The van der Waals surface area contributed by atoms with Crippen LogP contribution in [0.2, 0.25) is 0 Å². The number of alkyl halides is 6. The monoisotopic (exact) mass is 590 g/mol. The van der Waals surface area contributed by atoms with Crippen LogP contribution < -0.4 is 14.4 Å². The highest BCUT2D eigenvalue weighted by molar-refractivity contribution is 5.99. The summed E-state index contributed by atoms with van der Waals surface area (Å²) in [6.45, 7) is 6.30. The maximum absolute atomic E-state index is 13.5. The molecule has 1 heterocycles. The van der Waals surface area contributed by atoms with E-state index in [4.69, 9.17) is 14.2 Å². The van der Waals surface area contributed by atoms with Crippen molar-refractivity contribution in [2.45, 2.75) is 65.1 Å². The zero-order chi connectivity index (χ0) is 31.1. The second kappa shape index (κ2) is 11.3. The molecular weight excluding hydrogens is 558 g/mol. The van der Waals surface area contributed by atoms with Gasteiger partial charge in [0.2, 0.25) is 5.91 Å². The molecule has 0 N–H and O–H groups in total. The first-order chi connectivity index (χ1) is 18.8. The predicted octanol–water partition coefficient (Wildman–Crippen LogP) is 7.22. The second-order valence-electron chi connectivity index (χ2n) is 10.8. The van der Waals surface area contributed by atoms with Gasteiger partial charge in [-0.2, -0.15) is 26.3 Å². The number of hydrogen-bond donors (Lipinski definition) is 0. The van der Waals surface area contributed by atoms with Crippen LogP contribution in [-0.4, -0.2) is 44.3 Å². The minimum atomic E-state index is -5.06. The van der Waals surface area contributed by atoms with Crippen LogP contribution in [0.1, 0.15) is 62.4 Å². The predicted molar refractivity (Wildman–Crippen MR) is 138 cm³/mol. The van der Waals surface area contributed by atoms with Crippen molar-refractivity contribution in [1.82, 2.24) is 4.90 Å². The van der Waals surface area contributed by atoms with Crippen molar-refractivity contribution >= 4 is 17.7 Å². The molecule has 0 saturated heterocycles. The van der Waals surface area contributed by atoms with Crippen molar-refractivity contribution < 1.29 is 50.1 Å². The number of ether oxygens (including phenoxy) is 3. The molecule has 2 amide bonds. The van der Waals surface area contributed by atoms with E-state index in [1.807, 2.05) is 0 Å². The van der Waals surface area contributed by atoms with E-state index in [9.17, 15) is 35.9 Å². The number of methoxy groups -OCH3 is 3. The first-order valence-corrected chi connectivity index (χ1v) is 12.6. The Morgan fingerprint density at radius 2 is 1.39 bits per heavy atom. The molecule has 0 radical (unpaired) electrons. The molecule has 2 aromatic rings. The molecule has 0 aromatic heterocycles. The number of rotatable bonds is 5. The van der Waals surface area contributed by atoms with Gasteiger partial charge in [-0.15, -0.1) is 0 Å². The molecule has 0 saturated carbocycles. The van der Waals surface area contributed by atoms with Crippen molar-refractivity contribution in [3.63, 3.8) is 0 Å². The van der Waals surface area contributed by atoms with Gasteiger partial charge in [0.05, 0.1) is 44.2 Å². The van der Waals surface area contributed by atoms with E-state index < -0.39 is 59.2 Å². The smallest absolute Gasteiger partial charge is 0.416 e. The zero-order valence-corrected chi connectivity index (χ0v) is 23.7. The Bertz CT molecular complexity index is 1270. The molecule has 2 aromatic carbocycles. The summed E-state index contributed by atoms with van der Waals surface area (Å²) < 4.78 is 97.0. The van der Waals surface area contributed by atoms with E-state index >= 15 is 0 Å². The minimum Gasteiger partial charge on any atom is -0.493 e.